The lowest BCUT2D eigenvalue weighted by molar-refractivity contribution is -0.139. The number of benzene rings is 10. The van der Waals surface area contributed by atoms with Gasteiger partial charge in [-0.15, -0.1) is 0 Å². The highest BCUT2D eigenvalue weighted by Gasteiger charge is 2.24. The van der Waals surface area contributed by atoms with Gasteiger partial charge >= 0.3 is 23.9 Å². The summed E-state index contributed by atoms with van der Waals surface area (Å²) in [5, 5.41) is 42.0. The van der Waals surface area contributed by atoms with E-state index in [0.29, 0.717) is 179 Å². The summed E-state index contributed by atoms with van der Waals surface area (Å²) in [5.74, 6) is 0.487. The molecule has 17 rings (SSSR count). The molecule has 0 atom stereocenters. The molecule has 0 spiro atoms. The molecule has 0 unspecified atom stereocenters. The lowest BCUT2D eigenvalue weighted by Crippen LogP contribution is -2.18. The number of nitrogens with zero attached hydrogens (tertiary/aromatic N) is 6. The third-order valence-electron chi connectivity index (χ3n) is 19.3. The number of rotatable bonds is 17. The van der Waals surface area contributed by atoms with Crippen LogP contribution in [0.4, 0.5) is 32.8 Å². The fourth-order valence-corrected chi connectivity index (χ4v) is 13.9. The number of phenolic OH excluding ortho intramolecular Hbond substituents is 1. The first-order valence-corrected chi connectivity index (χ1v) is 40.8. The Morgan fingerprint density at radius 1 is 0.423 bits per heavy atom. The number of halogens is 6. The molecule has 0 saturated carbocycles. The van der Waals surface area contributed by atoms with Crippen LogP contribution in [0, 0.1) is 5.82 Å². The number of aromatic hydroxyl groups is 1. The first-order valence-electron chi connectivity index (χ1n) is 38.9. The number of amides is 5. The van der Waals surface area contributed by atoms with Gasteiger partial charge in [-0.25, -0.2) is 18.8 Å². The minimum atomic E-state index is -1.06. The molecule has 5 amide bonds. The quantitative estimate of drug-likeness (QED) is 0.00777. The zero-order valence-electron chi connectivity index (χ0n) is 68.5. The molecule has 0 fully saturated rings. The highest BCUT2D eigenvalue weighted by atomic mass is 35.5. The van der Waals surface area contributed by atoms with Gasteiger partial charge in [-0.3, -0.25) is 38.4 Å². The van der Waals surface area contributed by atoms with Gasteiger partial charge in [-0.1, -0.05) is 98.6 Å². The topological polar surface area (TPSA) is 482 Å². The highest BCUT2D eigenvalue weighted by molar-refractivity contribution is 6.33. The van der Waals surface area contributed by atoms with Crippen molar-refractivity contribution in [2.75, 3.05) is 54.5 Å². The molecule has 0 radical (unpaired) electrons. The van der Waals surface area contributed by atoms with Crippen molar-refractivity contribution in [1.29, 1.82) is 0 Å². The van der Waals surface area contributed by atoms with Crippen molar-refractivity contribution >= 4 is 180 Å². The van der Waals surface area contributed by atoms with Crippen molar-refractivity contribution in [3.63, 3.8) is 0 Å². The molecule has 130 heavy (non-hydrogen) atoms. The number of carbonyl (C=O) groups excluding carboxylic acids is 10. The number of fused-ring (bicyclic) bond motifs is 7. The lowest BCUT2D eigenvalue weighted by atomic mass is 10.0. The average molecular weight is 1860 g/mol. The number of carboxylic acid groups (broad SMARTS) is 1. The summed E-state index contributed by atoms with van der Waals surface area (Å²) >= 11 is 29.7. The van der Waals surface area contributed by atoms with Crippen molar-refractivity contribution < 1.29 is 101 Å². The van der Waals surface area contributed by atoms with E-state index in [-0.39, 0.29) is 58.8 Å². The summed E-state index contributed by atoms with van der Waals surface area (Å²) in [6, 6.07) is 50.3. The third kappa shape index (κ3) is 26.4. The number of aldehydes is 2. The molecule has 2 aromatic heterocycles. The molecular formula is C91H73Cl5FN13O20. The van der Waals surface area contributed by atoms with Gasteiger partial charge in [0.1, 0.15) is 81.2 Å². The maximum absolute atomic E-state index is 12.5. The first kappa shape index (κ1) is 95.2. The summed E-state index contributed by atoms with van der Waals surface area (Å²) in [6.07, 6.45) is 8.52. The predicted octanol–water partition coefficient (Wildman–Crippen LogP) is 21.2. The van der Waals surface area contributed by atoms with Crippen LogP contribution in [0.15, 0.2) is 198 Å². The Morgan fingerprint density at radius 3 is 1.18 bits per heavy atom. The number of methoxy groups -OCH3 is 3. The van der Waals surface area contributed by atoms with Gasteiger partial charge in [0, 0.05) is 166 Å². The number of aryl methyl sites for hydroxylation is 5. The van der Waals surface area contributed by atoms with E-state index in [9.17, 15) is 57.1 Å². The minimum absolute atomic E-state index is 0.00372. The number of anilines is 5. The van der Waals surface area contributed by atoms with Gasteiger partial charge in [0.05, 0.1) is 43.5 Å². The molecule has 33 nitrogen and oxygen atoms in total. The molecule has 39 heteroatoms. The summed E-state index contributed by atoms with van der Waals surface area (Å²) < 4.78 is 49.6. The van der Waals surface area contributed by atoms with Gasteiger partial charge in [-0.05, 0) is 174 Å². The number of phenols is 1. The normalized spacial score (nSPS) is 12.7. The van der Waals surface area contributed by atoms with Crippen LogP contribution in [0.5, 0.6) is 51.7 Å². The number of azide groups is 2. The van der Waals surface area contributed by atoms with Gasteiger partial charge in [-0.2, -0.15) is 0 Å². The maximum atomic E-state index is 12.5. The second-order valence-corrected chi connectivity index (χ2v) is 30.3. The largest absolute Gasteiger partial charge is 0.508 e. The molecule has 7 heterocycles. The number of H-pyrrole nitrogens is 2. The Bertz CT molecular complexity index is 6590. The van der Waals surface area contributed by atoms with Crippen LogP contribution in [-0.2, 0) is 79.9 Å². The van der Waals surface area contributed by atoms with E-state index in [4.69, 9.17) is 103 Å². The van der Waals surface area contributed by atoms with Crippen LogP contribution in [-0.4, -0.2) is 114 Å². The SMILES string of the molecule is COC(=O)/C(=C/c1ccc(Cl)cc1Oc1ccc2c(c1)NC(=O)CC2)N=[N+]=[N-].COC(=O)CN=[N+]=[N-].COC(=O)c1cc2c(Oc3ccc4c(c3)NC(=O)CC4)cc(Cl)cc2[nH]1.O=C1CCc2ccc(O)cc2N1.O=C1CCc2ccc(Oc3cc(Cl)cc4[nH]c(C(=O)O)cc34)cc2N1.O=Cc1ccc(Cl)cc1F.O=Cc1ccc(Cl)cc1Oc1ccc2c(c1)NC(=O)CC2. The number of esters is 3. The van der Waals surface area contributed by atoms with Crippen LogP contribution >= 0.6 is 58.0 Å². The van der Waals surface area contributed by atoms with Crippen molar-refractivity contribution in [3.05, 3.63) is 295 Å². The Hall–Kier alpha value is -15.4. The lowest BCUT2D eigenvalue weighted by Gasteiger charge is -2.18. The van der Waals surface area contributed by atoms with E-state index >= 15 is 0 Å². The smallest absolute Gasteiger partial charge is 0.354 e. The van der Waals surface area contributed by atoms with E-state index in [2.05, 4.69) is 66.1 Å². The van der Waals surface area contributed by atoms with E-state index in [1.165, 1.54) is 45.6 Å². The number of ether oxygens (including phenoxy) is 7. The first-order chi connectivity index (χ1) is 62.5. The van der Waals surface area contributed by atoms with Crippen molar-refractivity contribution in [3.8, 4) is 51.7 Å². The summed E-state index contributed by atoms with van der Waals surface area (Å²) in [5.41, 5.74) is 27.6. The summed E-state index contributed by atoms with van der Waals surface area (Å²) in [6.45, 7) is -0.229. The molecule has 9 N–H and O–H groups in total. The standard InChI is InChI=1S/C19H15ClN4O4.C19H15ClN2O4.C18H13ClN2O4.C16H12ClNO3.C9H9NO2.C7H4ClFO.C3H5N3O2/c1-27-19(26)16(23-24-21)8-12-2-5-13(20)9-17(12)28-14-6-3-11-4-7-18(25)22-15(11)10-14;1-25-19(24)16-9-13-15(21-16)6-11(20)7-17(13)26-12-4-2-10-3-5-18(23)22-14(10)8-12;19-10-5-14-12(8-15(20-14)18(23)24)16(6-10)25-11-3-1-9-2-4-17(22)21-13(9)7-11;17-12-4-1-11(9-19)15(7-12)21-13-5-2-10-3-6-16(20)18-14(10)8-13;11-7-3-1-6-2-4-9(12)10-8(6)5-7;8-6-2-1-5(4-10)7(9)3-6;1-8-3(7)2-5-6-4/h2-3,5-6,8-10H,4,7H2,1H3,(H,22,25);2,4,6-9,21H,3,5H2,1H3,(H,22,23);1,3,5-8,20H,2,4H2,(H,21,22)(H,23,24);1-2,4-5,7-9H,3,6H2,(H,18,20);1,3,5,11H,2,4H2,(H,10,12);1-4H;2H2,1H3/b16-8-;;;;;;. The van der Waals surface area contributed by atoms with Crippen LogP contribution in [0.2, 0.25) is 25.1 Å². The van der Waals surface area contributed by atoms with Gasteiger partial charge < -0.3 is 79.9 Å². The fourth-order valence-electron chi connectivity index (χ4n) is 13.0. The second-order valence-electron chi connectivity index (χ2n) is 28.1. The number of aromatic nitrogens is 2. The summed E-state index contributed by atoms with van der Waals surface area (Å²) in [4.78, 5) is 134. The van der Waals surface area contributed by atoms with Crippen molar-refractivity contribution in [2.24, 2.45) is 10.2 Å². The Balaban J connectivity index is 0.000000152. The van der Waals surface area contributed by atoms with Crippen LogP contribution in [0.3, 0.4) is 0 Å². The number of nitrogens with one attached hydrogen (secondary N) is 7. The zero-order valence-corrected chi connectivity index (χ0v) is 72.3. The van der Waals surface area contributed by atoms with E-state index in [1.54, 1.807) is 109 Å². The van der Waals surface area contributed by atoms with Crippen LogP contribution in [0.1, 0.15) is 107 Å². The molecule has 0 bridgehead atoms. The molecule has 10 aromatic carbocycles. The number of hydrogen-bond acceptors (Lipinski definition) is 21. The van der Waals surface area contributed by atoms with E-state index in [0.717, 1.165) is 69.5 Å². The molecule has 5 aliphatic heterocycles. The van der Waals surface area contributed by atoms with Crippen LogP contribution < -0.4 is 45.5 Å². The molecule has 0 saturated heterocycles. The molecule has 5 aliphatic rings. The van der Waals surface area contributed by atoms with Crippen LogP contribution in [0.25, 0.3) is 48.8 Å². The van der Waals surface area contributed by atoms with E-state index in [1.807, 2.05) is 48.5 Å². The fraction of sp³-hybridized carbons (Fsp3) is 0.154. The van der Waals surface area contributed by atoms with Gasteiger partial charge in [0.25, 0.3) is 0 Å². The van der Waals surface area contributed by atoms with Gasteiger partial charge in [0.2, 0.25) is 29.5 Å². The minimum Gasteiger partial charge on any atom is -0.508 e. The molecule has 12 aromatic rings. The Labute approximate surface area is 762 Å². The van der Waals surface area contributed by atoms with Crippen molar-refractivity contribution in [1.82, 2.24) is 9.97 Å². The Morgan fingerprint density at radius 2 is 0.792 bits per heavy atom. The predicted molar refractivity (Wildman–Crippen MR) is 484 cm³/mol. The average Bonchev–Trinajstić information content (AvgIpc) is 1.64. The number of aromatic carboxylic acids is 1. The number of carbonyl (C=O) groups is 11. The molecule has 664 valence electrons. The Kier molecular flexibility index (Phi) is 33.1. The number of hydrogen-bond donors (Lipinski definition) is 9. The monoisotopic (exact) mass is 1860 g/mol. The maximum Gasteiger partial charge on any atom is 0.354 e. The zero-order chi connectivity index (χ0) is 93.2. The second kappa shape index (κ2) is 45.1. The van der Waals surface area contributed by atoms with Crippen molar-refractivity contribution in [2.45, 2.75) is 64.2 Å². The van der Waals surface area contributed by atoms with E-state index < -0.39 is 29.7 Å². The number of carboxylic acids is 1. The molecule has 0 aliphatic carbocycles. The summed E-state index contributed by atoms with van der Waals surface area (Å²) in [7, 11) is 3.73. The third-order valence-corrected chi connectivity index (χ3v) is 20.4. The van der Waals surface area contributed by atoms with Gasteiger partial charge in [0.15, 0.2) is 12.6 Å². The molecular weight excluding hydrogens is 1790 g/mol. The number of aromatic amines is 2. The highest BCUT2D eigenvalue weighted by Crippen LogP contribution is 2.41.